The Morgan fingerprint density at radius 3 is 2.71 bits per heavy atom. The van der Waals surface area contributed by atoms with Crippen molar-refractivity contribution in [3.05, 3.63) is 58.6 Å². The maximum atomic E-state index is 12.2. The molecule has 2 aromatic carbocycles. The van der Waals surface area contributed by atoms with Crippen molar-refractivity contribution >= 4 is 67.4 Å². The number of hydrogen-bond donors (Lipinski definition) is 2. The van der Waals surface area contributed by atoms with E-state index in [1.165, 1.54) is 30.2 Å². The van der Waals surface area contributed by atoms with Crippen molar-refractivity contribution < 1.29 is 14.3 Å². The Kier molecular flexibility index (Phi) is 7.01. The molecule has 1 heterocycles. The van der Waals surface area contributed by atoms with Gasteiger partial charge in [0.2, 0.25) is 11.0 Å². The largest absolute Gasteiger partial charge is 0.465 e. The van der Waals surface area contributed by atoms with Gasteiger partial charge >= 0.3 is 5.97 Å². The number of thioether (sulfide) groups is 1. The molecule has 0 unspecified atom stereocenters. The van der Waals surface area contributed by atoms with Crippen LogP contribution < -0.4 is 10.6 Å². The van der Waals surface area contributed by atoms with Crippen molar-refractivity contribution in [2.45, 2.75) is 4.34 Å². The van der Waals surface area contributed by atoms with Gasteiger partial charge in [0.1, 0.15) is 0 Å². The molecule has 0 aliphatic heterocycles. The number of rotatable bonds is 7. The van der Waals surface area contributed by atoms with Gasteiger partial charge in [-0.1, -0.05) is 51.2 Å². The summed E-state index contributed by atoms with van der Waals surface area (Å²) < 4.78 is 6.31. The van der Waals surface area contributed by atoms with Crippen LogP contribution >= 0.6 is 39.0 Å². The van der Waals surface area contributed by atoms with E-state index >= 15 is 0 Å². The Balaban J connectivity index is 1.52. The predicted molar refractivity (Wildman–Crippen MR) is 114 cm³/mol. The normalized spacial score (nSPS) is 10.4. The molecule has 0 atom stereocenters. The monoisotopic (exact) mass is 478 g/mol. The number of halogens is 1. The molecule has 0 saturated carbocycles. The molecule has 1 aromatic heterocycles. The van der Waals surface area contributed by atoms with Crippen molar-refractivity contribution in [1.29, 1.82) is 0 Å². The van der Waals surface area contributed by atoms with Crippen LogP contribution in [0.1, 0.15) is 10.4 Å². The first-order valence-electron chi connectivity index (χ1n) is 8.00. The molecule has 3 aromatic rings. The quantitative estimate of drug-likeness (QED) is 0.379. The fourth-order valence-corrected chi connectivity index (χ4v) is 4.15. The Morgan fingerprint density at radius 1 is 1.14 bits per heavy atom. The fourth-order valence-electron chi connectivity index (χ4n) is 2.17. The second kappa shape index (κ2) is 9.67. The molecule has 0 fully saturated rings. The topological polar surface area (TPSA) is 93.2 Å². The van der Waals surface area contributed by atoms with E-state index in [1.54, 1.807) is 24.3 Å². The van der Waals surface area contributed by atoms with Gasteiger partial charge in [-0.25, -0.2) is 4.79 Å². The van der Waals surface area contributed by atoms with E-state index in [9.17, 15) is 9.59 Å². The average Bonchev–Trinajstić information content (AvgIpc) is 3.13. The van der Waals surface area contributed by atoms with Gasteiger partial charge in [-0.15, -0.1) is 10.2 Å². The van der Waals surface area contributed by atoms with E-state index in [0.717, 1.165) is 10.2 Å². The first kappa shape index (κ1) is 20.3. The summed E-state index contributed by atoms with van der Waals surface area (Å²) in [5.41, 5.74) is 1.80. The molecule has 7 nitrogen and oxygen atoms in total. The van der Waals surface area contributed by atoms with Gasteiger partial charge in [0.25, 0.3) is 0 Å². The summed E-state index contributed by atoms with van der Waals surface area (Å²) >= 11 is 6.07. The van der Waals surface area contributed by atoms with Crippen LogP contribution in [0, 0.1) is 0 Å². The average molecular weight is 479 g/mol. The van der Waals surface area contributed by atoms with Crippen molar-refractivity contribution in [2.24, 2.45) is 0 Å². The number of carbonyl (C=O) groups is 2. The Labute approximate surface area is 178 Å². The first-order valence-corrected chi connectivity index (χ1v) is 10.6. The van der Waals surface area contributed by atoms with Crippen molar-refractivity contribution in [2.75, 3.05) is 23.5 Å². The lowest BCUT2D eigenvalue weighted by molar-refractivity contribution is -0.113. The first-order chi connectivity index (χ1) is 13.5. The molecule has 0 aliphatic rings. The fraction of sp³-hybridized carbons (Fsp3) is 0.111. The molecule has 0 spiro atoms. The lowest BCUT2D eigenvalue weighted by atomic mass is 10.2. The van der Waals surface area contributed by atoms with Gasteiger partial charge in [0, 0.05) is 15.8 Å². The van der Waals surface area contributed by atoms with E-state index in [2.05, 4.69) is 41.5 Å². The number of anilines is 3. The number of nitrogens with one attached hydrogen (secondary N) is 2. The standard InChI is InChI=1S/C18H15BrN4O3S2/c1-26-16(25)11-4-2-6-13(8-11)20-15(24)10-27-18-23-22-17(28-18)21-14-7-3-5-12(19)9-14/h2-9H,10H2,1H3,(H,20,24)(H,21,22). The number of carbonyl (C=O) groups excluding carboxylic acids is 2. The molecule has 3 rings (SSSR count). The number of hydrogen-bond acceptors (Lipinski definition) is 8. The highest BCUT2D eigenvalue weighted by atomic mass is 79.9. The number of nitrogens with zero attached hydrogens (tertiary/aromatic N) is 2. The van der Waals surface area contributed by atoms with Crippen LogP contribution in [0.3, 0.4) is 0 Å². The zero-order valence-corrected chi connectivity index (χ0v) is 17.9. The summed E-state index contributed by atoms with van der Waals surface area (Å²) in [6, 6.07) is 14.3. The van der Waals surface area contributed by atoms with Crippen LogP contribution in [0.25, 0.3) is 0 Å². The predicted octanol–water partition coefficient (Wildman–Crippen LogP) is 4.56. The van der Waals surface area contributed by atoms with Crippen molar-refractivity contribution in [3.63, 3.8) is 0 Å². The third kappa shape index (κ3) is 5.78. The third-order valence-corrected chi connectivity index (χ3v) is 5.84. The van der Waals surface area contributed by atoms with E-state index < -0.39 is 5.97 Å². The van der Waals surface area contributed by atoms with Gasteiger partial charge in [-0.05, 0) is 36.4 Å². The molecular formula is C18H15BrN4O3S2. The smallest absolute Gasteiger partial charge is 0.337 e. The van der Waals surface area contributed by atoms with Crippen molar-refractivity contribution in [1.82, 2.24) is 10.2 Å². The molecule has 1 amide bonds. The molecule has 28 heavy (non-hydrogen) atoms. The zero-order chi connectivity index (χ0) is 19.9. The Morgan fingerprint density at radius 2 is 1.93 bits per heavy atom. The lowest BCUT2D eigenvalue weighted by Gasteiger charge is -2.06. The van der Waals surface area contributed by atoms with Crippen LogP contribution in [0.4, 0.5) is 16.5 Å². The number of amides is 1. The minimum absolute atomic E-state index is 0.175. The van der Waals surface area contributed by atoms with Crippen LogP contribution in [0.5, 0.6) is 0 Å². The van der Waals surface area contributed by atoms with E-state index in [-0.39, 0.29) is 11.7 Å². The van der Waals surface area contributed by atoms with E-state index in [1.807, 2.05) is 24.3 Å². The van der Waals surface area contributed by atoms with Crippen LogP contribution in [-0.4, -0.2) is 34.9 Å². The molecule has 0 radical (unpaired) electrons. The minimum atomic E-state index is -0.454. The molecule has 144 valence electrons. The van der Waals surface area contributed by atoms with Gasteiger partial charge in [0.05, 0.1) is 18.4 Å². The molecule has 0 aliphatic carbocycles. The SMILES string of the molecule is COC(=O)c1cccc(NC(=O)CSc2nnc(Nc3cccc(Br)c3)s2)c1. The summed E-state index contributed by atoms with van der Waals surface area (Å²) in [6.45, 7) is 0. The van der Waals surface area contributed by atoms with Gasteiger partial charge in [-0.3, -0.25) is 4.79 Å². The Hall–Kier alpha value is -2.43. The molecular weight excluding hydrogens is 464 g/mol. The Bertz CT molecular complexity index is 996. The summed E-state index contributed by atoms with van der Waals surface area (Å²) in [4.78, 5) is 23.7. The number of aromatic nitrogens is 2. The van der Waals surface area contributed by atoms with Gasteiger partial charge < -0.3 is 15.4 Å². The van der Waals surface area contributed by atoms with E-state index in [4.69, 9.17) is 0 Å². The highest BCUT2D eigenvalue weighted by Gasteiger charge is 2.11. The van der Waals surface area contributed by atoms with Crippen LogP contribution in [-0.2, 0) is 9.53 Å². The van der Waals surface area contributed by atoms with Crippen molar-refractivity contribution in [3.8, 4) is 0 Å². The molecule has 0 bridgehead atoms. The summed E-state index contributed by atoms with van der Waals surface area (Å²) in [5, 5.41) is 14.7. The maximum absolute atomic E-state index is 12.2. The summed E-state index contributed by atoms with van der Waals surface area (Å²) in [7, 11) is 1.31. The maximum Gasteiger partial charge on any atom is 0.337 e. The second-order valence-corrected chi connectivity index (χ2v) is 8.53. The van der Waals surface area contributed by atoms with Crippen LogP contribution in [0.2, 0.25) is 0 Å². The number of benzene rings is 2. The molecule has 2 N–H and O–H groups in total. The van der Waals surface area contributed by atoms with E-state index in [0.29, 0.717) is 20.7 Å². The number of ether oxygens (including phenoxy) is 1. The summed E-state index contributed by atoms with van der Waals surface area (Å²) in [5.74, 6) is -0.484. The second-order valence-electron chi connectivity index (χ2n) is 5.42. The zero-order valence-electron chi connectivity index (χ0n) is 14.6. The molecule has 10 heteroatoms. The highest BCUT2D eigenvalue weighted by Crippen LogP contribution is 2.28. The molecule has 0 saturated heterocycles. The van der Waals surface area contributed by atoms with Gasteiger partial charge in [-0.2, -0.15) is 0 Å². The number of esters is 1. The lowest BCUT2D eigenvalue weighted by Crippen LogP contribution is -2.14. The summed E-state index contributed by atoms with van der Waals surface area (Å²) in [6.07, 6.45) is 0. The van der Waals surface area contributed by atoms with Gasteiger partial charge in [0.15, 0.2) is 4.34 Å². The highest BCUT2D eigenvalue weighted by molar-refractivity contribution is 9.10. The number of methoxy groups -OCH3 is 1. The third-order valence-electron chi connectivity index (χ3n) is 3.38. The van der Waals surface area contributed by atoms with Crippen LogP contribution in [0.15, 0.2) is 57.3 Å². The minimum Gasteiger partial charge on any atom is -0.465 e.